The predicted octanol–water partition coefficient (Wildman–Crippen LogP) is 4.96. The molecule has 0 aliphatic rings. The van der Waals surface area contributed by atoms with E-state index in [1.54, 1.807) is 6.07 Å². The fraction of sp³-hybridized carbons (Fsp3) is 0.533. The molecule has 2 nitrogen and oxygen atoms in total. The summed E-state index contributed by atoms with van der Waals surface area (Å²) in [4.78, 5) is 11.9. The van der Waals surface area contributed by atoms with E-state index in [1.807, 2.05) is 25.1 Å². The van der Waals surface area contributed by atoms with Gasteiger partial charge in [0.05, 0.1) is 11.7 Å². The molecule has 1 unspecified atom stereocenters. The molecule has 0 aliphatic carbocycles. The van der Waals surface area contributed by atoms with Gasteiger partial charge in [-0.3, -0.25) is 0 Å². The van der Waals surface area contributed by atoms with Crippen LogP contribution in [0.15, 0.2) is 28.7 Å². The average molecular weight is 313 g/mol. The quantitative estimate of drug-likeness (QED) is 0.525. The number of esters is 1. The number of hydrogen-bond donors (Lipinski definition) is 0. The van der Waals surface area contributed by atoms with E-state index < -0.39 is 0 Å². The fourth-order valence-corrected chi connectivity index (χ4v) is 2.24. The van der Waals surface area contributed by atoms with Crippen LogP contribution in [0, 0.1) is 0 Å². The molecule has 0 heterocycles. The highest BCUT2D eigenvalue weighted by atomic mass is 79.9. The van der Waals surface area contributed by atoms with E-state index in [0.717, 1.165) is 17.3 Å². The second-order valence-electron chi connectivity index (χ2n) is 4.55. The van der Waals surface area contributed by atoms with Crippen LogP contribution >= 0.6 is 15.9 Å². The Hall–Kier alpha value is -0.830. The highest BCUT2D eigenvalue weighted by Crippen LogP contribution is 2.18. The predicted molar refractivity (Wildman–Crippen MR) is 77.8 cm³/mol. The molecule has 1 rings (SSSR count). The van der Waals surface area contributed by atoms with E-state index in [-0.39, 0.29) is 12.1 Å². The van der Waals surface area contributed by atoms with Crippen LogP contribution < -0.4 is 0 Å². The molecule has 0 fully saturated rings. The summed E-state index contributed by atoms with van der Waals surface area (Å²) in [6.45, 7) is 4.15. The number of halogens is 1. The lowest BCUT2D eigenvalue weighted by Gasteiger charge is -2.13. The summed E-state index contributed by atoms with van der Waals surface area (Å²) in [6, 6.07) is 7.35. The Morgan fingerprint density at radius 3 is 2.67 bits per heavy atom. The lowest BCUT2D eigenvalue weighted by molar-refractivity contribution is 0.0318. The summed E-state index contributed by atoms with van der Waals surface area (Å²) in [5.41, 5.74) is 0.595. The number of ether oxygens (including phenoxy) is 1. The molecule has 0 aromatic heterocycles. The van der Waals surface area contributed by atoms with Crippen LogP contribution in [0.5, 0.6) is 0 Å². The molecule has 1 aromatic rings. The van der Waals surface area contributed by atoms with Gasteiger partial charge in [-0.05, 0) is 47.8 Å². The van der Waals surface area contributed by atoms with Gasteiger partial charge in [0.2, 0.25) is 0 Å². The largest absolute Gasteiger partial charge is 0.459 e. The van der Waals surface area contributed by atoms with Crippen molar-refractivity contribution < 1.29 is 9.53 Å². The summed E-state index contributed by atoms with van der Waals surface area (Å²) in [7, 11) is 0. The van der Waals surface area contributed by atoms with Crippen molar-refractivity contribution in [1.82, 2.24) is 0 Å². The molecule has 0 spiro atoms. The van der Waals surface area contributed by atoms with Crippen LogP contribution in [0.1, 0.15) is 56.3 Å². The summed E-state index contributed by atoms with van der Waals surface area (Å²) in [5.74, 6) is -0.245. The smallest absolute Gasteiger partial charge is 0.339 e. The van der Waals surface area contributed by atoms with Crippen molar-refractivity contribution in [1.29, 1.82) is 0 Å². The molecular weight excluding hydrogens is 292 g/mol. The van der Waals surface area contributed by atoms with Crippen molar-refractivity contribution in [3.63, 3.8) is 0 Å². The molecule has 0 bridgehead atoms. The third-order valence-electron chi connectivity index (χ3n) is 2.87. The molecule has 100 valence electrons. The number of benzene rings is 1. The maximum Gasteiger partial charge on any atom is 0.339 e. The minimum absolute atomic E-state index is 0.0125. The first-order valence-electron chi connectivity index (χ1n) is 6.60. The summed E-state index contributed by atoms with van der Waals surface area (Å²) >= 11 is 3.36. The minimum atomic E-state index is -0.245. The zero-order chi connectivity index (χ0) is 13.4. The molecule has 0 amide bonds. The van der Waals surface area contributed by atoms with Gasteiger partial charge in [0.1, 0.15) is 0 Å². The summed E-state index contributed by atoms with van der Waals surface area (Å²) in [5, 5.41) is 0. The van der Waals surface area contributed by atoms with Crippen LogP contribution in [0.4, 0.5) is 0 Å². The van der Waals surface area contributed by atoms with E-state index in [2.05, 4.69) is 22.9 Å². The molecule has 0 N–H and O–H groups in total. The molecule has 1 atom stereocenters. The van der Waals surface area contributed by atoms with Crippen molar-refractivity contribution in [3.05, 3.63) is 34.3 Å². The minimum Gasteiger partial charge on any atom is -0.459 e. The molecule has 18 heavy (non-hydrogen) atoms. The van der Waals surface area contributed by atoms with Crippen LogP contribution in [0.25, 0.3) is 0 Å². The van der Waals surface area contributed by atoms with Crippen molar-refractivity contribution in [3.8, 4) is 0 Å². The van der Waals surface area contributed by atoms with E-state index >= 15 is 0 Å². The summed E-state index contributed by atoms with van der Waals surface area (Å²) < 4.78 is 6.21. The van der Waals surface area contributed by atoms with Crippen LogP contribution in [-0.2, 0) is 4.74 Å². The lowest BCUT2D eigenvalue weighted by Crippen LogP contribution is -2.15. The van der Waals surface area contributed by atoms with Gasteiger partial charge in [-0.2, -0.15) is 0 Å². The van der Waals surface area contributed by atoms with Gasteiger partial charge in [-0.25, -0.2) is 4.79 Å². The first-order valence-corrected chi connectivity index (χ1v) is 7.40. The molecular formula is C15H21BrO2. The molecule has 0 saturated carbocycles. The molecule has 0 radical (unpaired) electrons. The highest BCUT2D eigenvalue weighted by molar-refractivity contribution is 9.10. The monoisotopic (exact) mass is 312 g/mol. The third-order valence-corrected chi connectivity index (χ3v) is 3.56. The molecule has 1 aromatic carbocycles. The Morgan fingerprint density at radius 1 is 1.28 bits per heavy atom. The van der Waals surface area contributed by atoms with Crippen LogP contribution in [0.2, 0.25) is 0 Å². The molecule has 0 aliphatic heterocycles. The molecule has 0 saturated heterocycles. The van der Waals surface area contributed by atoms with Gasteiger partial charge in [0, 0.05) is 4.47 Å². The van der Waals surface area contributed by atoms with Crippen molar-refractivity contribution in [2.75, 3.05) is 0 Å². The number of unbranched alkanes of at least 4 members (excludes halogenated alkanes) is 3. The first-order chi connectivity index (χ1) is 8.65. The van der Waals surface area contributed by atoms with Gasteiger partial charge in [-0.15, -0.1) is 0 Å². The Balaban J connectivity index is 2.38. The SMILES string of the molecule is CCCCCCC(C)OC(=O)c1ccccc1Br. The number of hydrogen-bond acceptors (Lipinski definition) is 2. The van der Waals surface area contributed by atoms with Crippen LogP contribution in [0.3, 0.4) is 0 Å². The number of rotatable bonds is 7. The second kappa shape index (κ2) is 8.30. The van der Waals surface area contributed by atoms with Crippen molar-refractivity contribution >= 4 is 21.9 Å². The number of carbonyl (C=O) groups is 1. The fourth-order valence-electron chi connectivity index (χ4n) is 1.79. The Kier molecular flexibility index (Phi) is 7.02. The topological polar surface area (TPSA) is 26.3 Å². The van der Waals surface area contributed by atoms with E-state index in [4.69, 9.17) is 4.74 Å². The van der Waals surface area contributed by atoms with Gasteiger partial charge in [0.15, 0.2) is 0 Å². The first kappa shape index (κ1) is 15.2. The number of carbonyl (C=O) groups excluding carboxylic acids is 1. The van der Waals surface area contributed by atoms with Gasteiger partial charge in [-0.1, -0.05) is 38.3 Å². The second-order valence-corrected chi connectivity index (χ2v) is 5.40. The van der Waals surface area contributed by atoms with E-state index in [0.29, 0.717) is 5.56 Å². The summed E-state index contributed by atoms with van der Waals surface area (Å²) in [6.07, 6.45) is 5.75. The maximum absolute atomic E-state index is 11.9. The Morgan fingerprint density at radius 2 is 2.00 bits per heavy atom. The zero-order valence-corrected chi connectivity index (χ0v) is 12.7. The van der Waals surface area contributed by atoms with Gasteiger partial charge < -0.3 is 4.74 Å². The third kappa shape index (κ3) is 5.21. The maximum atomic E-state index is 11.9. The Labute approximate surface area is 118 Å². The van der Waals surface area contributed by atoms with Gasteiger partial charge >= 0.3 is 5.97 Å². The highest BCUT2D eigenvalue weighted by Gasteiger charge is 2.14. The van der Waals surface area contributed by atoms with Crippen molar-refractivity contribution in [2.24, 2.45) is 0 Å². The lowest BCUT2D eigenvalue weighted by atomic mass is 10.1. The van der Waals surface area contributed by atoms with Crippen molar-refractivity contribution in [2.45, 2.75) is 52.1 Å². The standard InChI is InChI=1S/C15H21BrO2/c1-3-4-5-6-9-12(2)18-15(17)13-10-7-8-11-14(13)16/h7-8,10-12H,3-6,9H2,1-2H3. The van der Waals surface area contributed by atoms with E-state index in [9.17, 15) is 4.79 Å². The van der Waals surface area contributed by atoms with E-state index in [1.165, 1.54) is 19.3 Å². The Bertz CT molecular complexity index is 377. The average Bonchev–Trinajstić information content (AvgIpc) is 2.35. The van der Waals surface area contributed by atoms with Gasteiger partial charge in [0.25, 0.3) is 0 Å². The zero-order valence-electron chi connectivity index (χ0n) is 11.1. The van der Waals surface area contributed by atoms with Crippen LogP contribution in [-0.4, -0.2) is 12.1 Å². The normalized spacial score (nSPS) is 12.2. The molecule has 3 heteroatoms.